The Morgan fingerprint density at radius 2 is 1.16 bits per heavy atom. The van der Waals surface area contributed by atoms with Gasteiger partial charge in [0, 0.05) is 57.4 Å². The number of nitrogens with one attached hydrogen (secondary N) is 1. The molecule has 0 amide bonds. The van der Waals surface area contributed by atoms with E-state index < -0.39 is 15.0 Å². The minimum Gasteiger partial charge on any atom is -0.361 e. The molecule has 3 aromatic carbocycles. The van der Waals surface area contributed by atoms with E-state index in [1.165, 1.54) is 77.0 Å². The smallest absolute Gasteiger partial charge is 0.361 e. The van der Waals surface area contributed by atoms with Gasteiger partial charge in [0.15, 0.2) is 17.5 Å². The van der Waals surface area contributed by atoms with E-state index in [-0.39, 0.29) is 10.8 Å². The maximum absolute atomic E-state index is 8.55. The lowest BCUT2D eigenvalue weighted by atomic mass is 9.40. The number of hydrogen-bond acceptors (Lipinski definition) is 9. The fourth-order valence-electron chi connectivity index (χ4n) is 19.4. The summed E-state index contributed by atoms with van der Waals surface area (Å²) in [7, 11) is -4.20. The number of amidine groups is 5. The zero-order chi connectivity index (χ0) is 45.9. The minimum absolute atomic E-state index is 0.0195. The van der Waals surface area contributed by atoms with Crippen LogP contribution in [-0.4, -0.2) is 60.1 Å². The molecule has 14 bridgehead atoms. The van der Waals surface area contributed by atoms with E-state index >= 15 is 0 Å². The number of allylic oxidation sites excluding steroid dienone is 1. The van der Waals surface area contributed by atoms with Crippen molar-refractivity contribution in [2.75, 3.05) is 13.2 Å². The number of fused-ring (bicyclic) bond motifs is 13. The molecule has 6 heterocycles. The molecule has 4 aromatic rings. The lowest BCUT2D eigenvalue weighted by Crippen LogP contribution is -2.69. The van der Waals surface area contributed by atoms with Gasteiger partial charge < -0.3 is 14.2 Å². The SMILES string of the molecule is CC12CC3CC(C)(C1)CC(CO[Si]1(OCC45CC6CC(C)(CC(C)(C6)C4)C5)N4C5=NC6=NC(=Nc7c8ccccc8c(n71)N=C1N=C(NC4c4ccccc45)c4ccccc41)C1=C6C=CCC1)(C3)C2. The lowest BCUT2D eigenvalue weighted by Gasteiger charge is -2.66. The molecule has 69 heavy (non-hydrogen) atoms. The molecule has 9 aliphatic carbocycles. The van der Waals surface area contributed by atoms with Crippen LogP contribution >= 0.6 is 0 Å². The summed E-state index contributed by atoms with van der Waals surface area (Å²) in [6, 6.07) is 26.2. The van der Waals surface area contributed by atoms with E-state index in [1.807, 2.05) is 0 Å². The molecule has 10 nitrogen and oxygen atoms in total. The predicted molar refractivity (Wildman–Crippen MR) is 274 cm³/mol. The Labute approximate surface area is 406 Å². The summed E-state index contributed by atoms with van der Waals surface area (Å²) in [4.78, 5) is 28.4. The van der Waals surface area contributed by atoms with Crippen molar-refractivity contribution in [1.82, 2.24) is 14.1 Å². The molecule has 1 N–H and O–H groups in total. The van der Waals surface area contributed by atoms with Gasteiger partial charge in [-0.25, -0.2) is 25.0 Å². The van der Waals surface area contributed by atoms with Crippen LogP contribution in [0, 0.1) is 44.3 Å². The first-order valence-corrected chi connectivity index (χ1v) is 28.0. The average Bonchev–Trinajstić information content (AvgIpc) is 4.01. The first kappa shape index (κ1) is 40.5. The fraction of sp³-hybridized carbons (Fsp3) is 0.500. The molecule has 1 aromatic heterocycles. The van der Waals surface area contributed by atoms with Crippen LogP contribution < -0.4 is 5.32 Å². The number of benzene rings is 3. The molecule has 0 spiro atoms. The highest BCUT2D eigenvalue weighted by molar-refractivity contribution is 6.68. The van der Waals surface area contributed by atoms with Crippen LogP contribution in [0.25, 0.3) is 10.8 Å². The van der Waals surface area contributed by atoms with E-state index in [1.54, 1.807) is 0 Å². The Hall–Kier alpha value is -5.23. The Morgan fingerprint density at radius 3 is 1.78 bits per heavy atom. The van der Waals surface area contributed by atoms with Gasteiger partial charge in [0.2, 0.25) is 0 Å². The van der Waals surface area contributed by atoms with Gasteiger partial charge in [-0.3, -0.25) is 8.80 Å². The third kappa shape index (κ3) is 5.64. The molecule has 0 saturated heterocycles. The van der Waals surface area contributed by atoms with Crippen molar-refractivity contribution in [2.45, 2.75) is 124 Å². The molecule has 14 aliphatic rings. The summed E-state index contributed by atoms with van der Waals surface area (Å²) in [6.45, 7) is 11.6. The first-order chi connectivity index (χ1) is 33.3. The number of hydrogen-bond donors (Lipinski definition) is 1. The standard InChI is InChI=1S/C58H62N8O2Si/c1-53-21-35-22-54(2,27-53)30-57(25-35,29-53)33-67-69(68-34-58-26-36-23-55(3,31-58)28-56(4,24-36)32-58)65-49-41-17-9-10-18-42(41)51(65)63-47-39-15-7-8-16-40(39)48(60-47)64-52-44-20-12-11-19-43(44)50(66(52)69)62-46-38-14-6-5-13-37(38)45(59-46)61-49/h5-7,9-15,17-20,35-36,49H,8,16,21-34H2,1-4H3,(H,59,61,62). The third-order valence-corrected chi connectivity index (χ3v) is 22.6. The van der Waals surface area contributed by atoms with Gasteiger partial charge in [-0.15, -0.1) is 0 Å². The Kier molecular flexibility index (Phi) is 7.74. The molecular weight excluding hydrogens is 869 g/mol. The van der Waals surface area contributed by atoms with E-state index in [0.717, 1.165) is 86.2 Å². The van der Waals surface area contributed by atoms with Gasteiger partial charge >= 0.3 is 8.88 Å². The van der Waals surface area contributed by atoms with Gasteiger partial charge in [0.25, 0.3) is 0 Å². The Morgan fingerprint density at radius 1 is 0.594 bits per heavy atom. The van der Waals surface area contributed by atoms with Gasteiger partial charge in [-0.1, -0.05) is 113 Å². The highest BCUT2D eigenvalue weighted by atomic mass is 28.4. The van der Waals surface area contributed by atoms with Crippen LogP contribution in [-0.2, 0) is 8.85 Å². The summed E-state index contributed by atoms with van der Waals surface area (Å²) in [6.07, 6.45) is 21.0. The summed E-state index contributed by atoms with van der Waals surface area (Å²) < 4.78 is 22.1. The molecule has 5 aliphatic heterocycles. The Balaban J connectivity index is 1.01. The molecule has 350 valence electrons. The van der Waals surface area contributed by atoms with Crippen molar-refractivity contribution in [3.63, 3.8) is 0 Å². The first-order valence-electron chi connectivity index (χ1n) is 26.3. The van der Waals surface area contributed by atoms with E-state index in [0.29, 0.717) is 58.4 Å². The normalized spacial score (nSPS) is 39.7. The van der Waals surface area contributed by atoms with Crippen molar-refractivity contribution in [1.29, 1.82) is 0 Å². The van der Waals surface area contributed by atoms with Crippen LogP contribution in [0.3, 0.4) is 0 Å². The highest BCUT2D eigenvalue weighted by Crippen LogP contribution is 2.71. The van der Waals surface area contributed by atoms with E-state index in [9.17, 15) is 0 Å². The molecule has 0 radical (unpaired) electrons. The van der Waals surface area contributed by atoms with Crippen molar-refractivity contribution < 1.29 is 8.85 Å². The van der Waals surface area contributed by atoms with Crippen LogP contribution in [0.2, 0.25) is 0 Å². The van der Waals surface area contributed by atoms with Gasteiger partial charge in [0.05, 0.1) is 0 Å². The molecule has 8 fully saturated rings. The van der Waals surface area contributed by atoms with Gasteiger partial charge in [0.1, 0.15) is 29.5 Å². The van der Waals surface area contributed by atoms with Crippen molar-refractivity contribution in [3.05, 3.63) is 118 Å². The molecule has 5 unspecified atom stereocenters. The highest BCUT2D eigenvalue weighted by Gasteiger charge is 2.67. The zero-order valence-electron chi connectivity index (χ0n) is 40.6. The van der Waals surface area contributed by atoms with Gasteiger partial charge in [-0.05, 0) is 134 Å². The maximum atomic E-state index is 8.55. The van der Waals surface area contributed by atoms with Crippen LogP contribution in [0.1, 0.15) is 146 Å². The minimum atomic E-state index is -4.20. The van der Waals surface area contributed by atoms with Crippen molar-refractivity contribution >= 4 is 60.5 Å². The number of rotatable bonds is 6. The van der Waals surface area contributed by atoms with Crippen LogP contribution in [0.15, 0.2) is 121 Å². The van der Waals surface area contributed by atoms with E-state index in [4.69, 9.17) is 33.8 Å². The fourth-order valence-corrected chi connectivity index (χ4v) is 23.1. The topological polar surface area (TPSA) is 100 Å². The Bertz CT molecular complexity index is 3160. The van der Waals surface area contributed by atoms with Crippen molar-refractivity contribution in [2.24, 2.45) is 69.3 Å². The average molecular weight is 931 g/mol. The van der Waals surface area contributed by atoms with E-state index in [2.05, 4.69) is 127 Å². The predicted octanol–water partition coefficient (Wildman–Crippen LogP) is 12.3. The zero-order valence-corrected chi connectivity index (χ0v) is 41.6. The second-order valence-electron chi connectivity index (χ2n) is 26.0. The lowest BCUT2D eigenvalue weighted by molar-refractivity contribution is -0.169. The molecular formula is C58H62N8O2Si. The van der Waals surface area contributed by atoms with Crippen LogP contribution in [0.4, 0.5) is 11.6 Å². The number of aromatic nitrogens is 1. The van der Waals surface area contributed by atoms with Crippen LogP contribution in [0.5, 0.6) is 0 Å². The monoisotopic (exact) mass is 930 g/mol. The second-order valence-corrected chi connectivity index (χ2v) is 28.6. The summed E-state index contributed by atoms with van der Waals surface area (Å²) in [5.41, 5.74) is 7.73. The largest absolute Gasteiger partial charge is 0.599 e. The number of aliphatic imine (C=N–C) groups is 5. The van der Waals surface area contributed by atoms with Crippen molar-refractivity contribution in [3.8, 4) is 0 Å². The van der Waals surface area contributed by atoms with Gasteiger partial charge in [-0.2, -0.15) is 0 Å². The summed E-state index contributed by atoms with van der Waals surface area (Å²) in [5, 5.41) is 6.17. The third-order valence-electron chi connectivity index (χ3n) is 19.5. The molecule has 5 atom stereocenters. The maximum Gasteiger partial charge on any atom is 0.599 e. The summed E-state index contributed by atoms with van der Waals surface area (Å²) >= 11 is 0. The number of nitrogens with zero attached hydrogens (tertiary/aromatic N) is 7. The molecule has 18 rings (SSSR count). The molecule has 8 saturated carbocycles. The second kappa shape index (κ2) is 13.2. The molecule has 11 heteroatoms. The summed E-state index contributed by atoms with van der Waals surface area (Å²) in [5.74, 6) is 6.80. The quantitative estimate of drug-likeness (QED) is 0.195.